The number of carbonyl (C=O) groups is 1. The highest BCUT2D eigenvalue weighted by Gasteiger charge is 2.34. The molecule has 3 heteroatoms. The number of thiophene rings is 1. The molecule has 0 radical (unpaired) electrons. The largest absolute Gasteiger partial charge is 0.353 e. The van der Waals surface area contributed by atoms with E-state index in [9.17, 15) is 4.79 Å². The third kappa shape index (κ3) is 1.82. The highest BCUT2D eigenvalue weighted by Crippen LogP contribution is 2.29. The molecule has 0 saturated heterocycles. The van der Waals surface area contributed by atoms with Crippen molar-refractivity contribution in [1.82, 2.24) is 5.32 Å². The average Bonchev–Trinajstić information content (AvgIpc) is 2.79. The van der Waals surface area contributed by atoms with Crippen LogP contribution in [0.3, 0.4) is 0 Å². The molecule has 1 aromatic heterocycles. The second-order valence-corrected chi connectivity index (χ2v) is 5.30. The van der Waals surface area contributed by atoms with Crippen LogP contribution in [0.5, 0.6) is 0 Å². The fourth-order valence-corrected chi connectivity index (χ4v) is 2.19. The average molecular weight is 209 g/mol. The molecule has 2 nitrogen and oxygen atoms in total. The summed E-state index contributed by atoms with van der Waals surface area (Å²) >= 11 is 1.64. The summed E-state index contributed by atoms with van der Waals surface area (Å²) in [5.74, 6) is 0.155. The first kappa shape index (κ1) is 9.71. The Morgan fingerprint density at radius 3 is 2.79 bits per heavy atom. The Bertz CT molecular complexity index is 325. The van der Waals surface area contributed by atoms with Crippen molar-refractivity contribution in [2.75, 3.05) is 0 Å². The molecule has 0 spiro atoms. The predicted molar refractivity (Wildman–Crippen MR) is 58.5 cm³/mol. The maximum atomic E-state index is 11.9. The van der Waals surface area contributed by atoms with Crippen molar-refractivity contribution in [3.8, 4) is 0 Å². The van der Waals surface area contributed by atoms with Gasteiger partial charge in [-0.25, -0.2) is 0 Å². The van der Waals surface area contributed by atoms with Crippen molar-refractivity contribution in [1.29, 1.82) is 0 Å². The van der Waals surface area contributed by atoms with Gasteiger partial charge in [-0.05, 0) is 38.1 Å². The molecule has 0 atom stereocenters. The van der Waals surface area contributed by atoms with Crippen molar-refractivity contribution in [2.45, 2.75) is 38.1 Å². The van der Waals surface area contributed by atoms with Gasteiger partial charge in [0.1, 0.15) is 0 Å². The van der Waals surface area contributed by atoms with Gasteiger partial charge < -0.3 is 5.32 Å². The topological polar surface area (TPSA) is 29.1 Å². The normalized spacial score (nSPS) is 16.7. The van der Waals surface area contributed by atoms with E-state index in [2.05, 4.69) is 5.32 Å². The molecule has 1 amide bonds. The van der Waals surface area contributed by atoms with Gasteiger partial charge in [0, 0.05) is 10.9 Å². The fraction of sp³-hybridized carbons (Fsp3) is 0.545. The molecule has 0 unspecified atom stereocenters. The number of carbonyl (C=O) groups excluding carboxylic acids is 1. The fourth-order valence-electron chi connectivity index (χ4n) is 1.34. The van der Waals surface area contributed by atoms with Gasteiger partial charge in [-0.15, -0.1) is 11.3 Å². The van der Waals surface area contributed by atoms with Gasteiger partial charge in [-0.2, -0.15) is 0 Å². The van der Waals surface area contributed by atoms with Gasteiger partial charge in [0.25, 0.3) is 0 Å². The van der Waals surface area contributed by atoms with Crippen LogP contribution in [0.2, 0.25) is 0 Å². The molecule has 76 valence electrons. The van der Waals surface area contributed by atoms with Gasteiger partial charge in [0.15, 0.2) is 0 Å². The van der Waals surface area contributed by atoms with Crippen LogP contribution in [-0.4, -0.2) is 11.9 Å². The van der Waals surface area contributed by atoms with Crippen molar-refractivity contribution >= 4 is 17.2 Å². The minimum atomic E-state index is -0.378. The number of rotatable bonds is 3. The molecule has 1 fully saturated rings. The molecule has 0 aliphatic heterocycles. The van der Waals surface area contributed by atoms with Crippen LogP contribution < -0.4 is 5.32 Å². The van der Waals surface area contributed by atoms with Crippen molar-refractivity contribution in [2.24, 2.45) is 0 Å². The van der Waals surface area contributed by atoms with E-state index in [1.54, 1.807) is 11.3 Å². The summed E-state index contributed by atoms with van der Waals surface area (Å²) in [6.45, 7) is 3.97. The number of amides is 1. The molecule has 0 aromatic carbocycles. The van der Waals surface area contributed by atoms with Gasteiger partial charge in [0.2, 0.25) is 5.91 Å². The van der Waals surface area contributed by atoms with E-state index in [0.29, 0.717) is 6.04 Å². The second-order valence-electron chi connectivity index (χ2n) is 4.35. The van der Waals surface area contributed by atoms with E-state index < -0.39 is 0 Å². The number of nitrogens with one attached hydrogen (secondary N) is 1. The van der Waals surface area contributed by atoms with E-state index in [-0.39, 0.29) is 11.3 Å². The third-order valence-electron chi connectivity index (χ3n) is 2.62. The van der Waals surface area contributed by atoms with E-state index in [4.69, 9.17) is 0 Å². The summed E-state index contributed by atoms with van der Waals surface area (Å²) in [7, 11) is 0. The van der Waals surface area contributed by atoms with E-state index in [1.807, 2.05) is 31.4 Å². The molecule has 1 saturated carbocycles. The molecule has 1 N–H and O–H groups in total. The molecule has 1 aliphatic carbocycles. The molecule has 1 aromatic rings. The van der Waals surface area contributed by atoms with Crippen molar-refractivity contribution in [3.05, 3.63) is 22.4 Å². The van der Waals surface area contributed by atoms with Crippen LogP contribution in [-0.2, 0) is 10.2 Å². The van der Waals surface area contributed by atoms with Crippen LogP contribution in [0.25, 0.3) is 0 Å². The molecule has 14 heavy (non-hydrogen) atoms. The number of hydrogen-bond donors (Lipinski definition) is 1. The Balaban J connectivity index is 2.09. The molecule has 0 bridgehead atoms. The van der Waals surface area contributed by atoms with E-state index in [0.717, 1.165) is 17.7 Å². The van der Waals surface area contributed by atoms with Gasteiger partial charge in [0.05, 0.1) is 5.41 Å². The second kappa shape index (κ2) is 3.39. The summed E-state index contributed by atoms with van der Waals surface area (Å²) in [6, 6.07) is 4.46. The Kier molecular flexibility index (Phi) is 2.35. The lowest BCUT2D eigenvalue weighted by Gasteiger charge is -2.22. The molecule has 2 rings (SSSR count). The molecular weight excluding hydrogens is 194 g/mol. The SMILES string of the molecule is CC(C)(C(=O)NC1CC1)c1cccs1. The number of hydrogen-bond acceptors (Lipinski definition) is 2. The zero-order valence-electron chi connectivity index (χ0n) is 8.54. The minimum absolute atomic E-state index is 0.155. The standard InChI is InChI=1S/C11H15NOS/c1-11(2,9-4-3-7-14-9)10(13)12-8-5-6-8/h3-4,7-8H,5-6H2,1-2H3,(H,12,13). The lowest BCUT2D eigenvalue weighted by atomic mass is 9.90. The molecular formula is C11H15NOS. The van der Waals surface area contributed by atoms with E-state index in [1.165, 1.54) is 0 Å². The summed E-state index contributed by atoms with van der Waals surface area (Å²) in [5, 5.41) is 5.07. The maximum absolute atomic E-state index is 11.9. The smallest absolute Gasteiger partial charge is 0.231 e. The van der Waals surface area contributed by atoms with Crippen molar-refractivity contribution < 1.29 is 4.79 Å². The summed E-state index contributed by atoms with van der Waals surface area (Å²) in [4.78, 5) is 13.0. The summed E-state index contributed by atoms with van der Waals surface area (Å²) in [5.41, 5.74) is -0.378. The van der Waals surface area contributed by atoms with Crippen LogP contribution >= 0.6 is 11.3 Å². The van der Waals surface area contributed by atoms with Crippen LogP contribution in [0.4, 0.5) is 0 Å². The predicted octanol–water partition coefficient (Wildman–Crippen LogP) is 2.30. The highest BCUT2D eigenvalue weighted by atomic mass is 32.1. The van der Waals surface area contributed by atoms with Gasteiger partial charge in [-0.3, -0.25) is 4.79 Å². The lowest BCUT2D eigenvalue weighted by Crippen LogP contribution is -2.40. The minimum Gasteiger partial charge on any atom is -0.353 e. The first-order chi connectivity index (χ1) is 6.60. The Labute approximate surface area is 88.3 Å². The Morgan fingerprint density at radius 1 is 1.57 bits per heavy atom. The first-order valence-corrected chi connectivity index (χ1v) is 5.83. The Morgan fingerprint density at radius 2 is 2.29 bits per heavy atom. The van der Waals surface area contributed by atoms with Crippen LogP contribution in [0.15, 0.2) is 17.5 Å². The third-order valence-corrected chi connectivity index (χ3v) is 3.81. The van der Waals surface area contributed by atoms with Crippen LogP contribution in [0, 0.1) is 0 Å². The highest BCUT2D eigenvalue weighted by molar-refractivity contribution is 7.10. The van der Waals surface area contributed by atoms with Crippen molar-refractivity contribution in [3.63, 3.8) is 0 Å². The Hall–Kier alpha value is -0.830. The maximum Gasteiger partial charge on any atom is 0.231 e. The first-order valence-electron chi connectivity index (χ1n) is 4.95. The van der Waals surface area contributed by atoms with Crippen LogP contribution in [0.1, 0.15) is 31.6 Å². The zero-order valence-corrected chi connectivity index (χ0v) is 9.36. The van der Waals surface area contributed by atoms with Gasteiger partial charge in [-0.1, -0.05) is 6.07 Å². The zero-order chi connectivity index (χ0) is 10.2. The lowest BCUT2D eigenvalue weighted by molar-refractivity contribution is -0.125. The monoisotopic (exact) mass is 209 g/mol. The summed E-state index contributed by atoms with van der Waals surface area (Å²) < 4.78 is 0. The molecule has 1 heterocycles. The quantitative estimate of drug-likeness (QED) is 0.813. The van der Waals surface area contributed by atoms with Gasteiger partial charge >= 0.3 is 0 Å². The van der Waals surface area contributed by atoms with E-state index >= 15 is 0 Å². The summed E-state index contributed by atoms with van der Waals surface area (Å²) in [6.07, 6.45) is 2.29. The molecule has 1 aliphatic rings.